The molecule has 5 nitrogen and oxygen atoms in total. The molecule has 0 bridgehead atoms. The lowest BCUT2D eigenvalue weighted by molar-refractivity contribution is -0.144. The van der Waals surface area contributed by atoms with Crippen molar-refractivity contribution in [2.24, 2.45) is 5.92 Å². The summed E-state index contributed by atoms with van der Waals surface area (Å²) < 4.78 is 0. The van der Waals surface area contributed by atoms with Crippen LogP contribution in [0.25, 0.3) is 0 Å². The SMILES string of the molecule is CC1CCCCCC1NC(=O)NC1(C(=O)O)CCCC1. The number of hydrogen-bond acceptors (Lipinski definition) is 2. The number of nitrogens with one attached hydrogen (secondary N) is 2. The van der Waals surface area contributed by atoms with Gasteiger partial charge in [0.25, 0.3) is 0 Å². The first-order chi connectivity index (χ1) is 9.53. The van der Waals surface area contributed by atoms with E-state index in [0.717, 1.165) is 32.1 Å². The largest absolute Gasteiger partial charge is 0.480 e. The Labute approximate surface area is 120 Å². The number of urea groups is 1. The summed E-state index contributed by atoms with van der Waals surface area (Å²) in [6, 6.07) is -0.141. The molecule has 0 aromatic rings. The van der Waals surface area contributed by atoms with Gasteiger partial charge in [-0.05, 0) is 31.6 Å². The minimum Gasteiger partial charge on any atom is -0.480 e. The Balaban J connectivity index is 1.92. The molecule has 0 radical (unpaired) electrons. The zero-order chi connectivity index (χ0) is 14.6. The molecule has 2 atom stereocenters. The van der Waals surface area contributed by atoms with Crippen molar-refractivity contribution in [3.63, 3.8) is 0 Å². The molecule has 0 aromatic heterocycles. The predicted octanol–water partition coefficient (Wildman–Crippen LogP) is 2.65. The van der Waals surface area contributed by atoms with Gasteiger partial charge in [-0.1, -0.05) is 39.0 Å². The van der Waals surface area contributed by atoms with E-state index < -0.39 is 11.5 Å². The van der Waals surface area contributed by atoms with Gasteiger partial charge in [-0.2, -0.15) is 0 Å². The van der Waals surface area contributed by atoms with Crippen LogP contribution in [0.1, 0.15) is 64.7 Å². The molecule has 0 aliphatic heterocycles. The first-order valence-corrected chi connectivity index (χ1v) is 7.85. The number of amides is 2. The summed E-state index contributed by atoms with van der Waals surface area (Å²) in [6.07, 6.45) is 8.52. The number of carboxylic acid groups (broad SMARTS) is 1. The summed E-state index contributed by atoms with van der Waals surface area (Å²) in [5, 5.41) is 15.1. The molecule has 3 N–H and O–H groups in total. The fourth-order valence-electron chi connectivity index (χ4n) is 3.50. The van der Waals surface area contributed by atoms with Crippen LogP contribution in [-0.2, 0) is 4.79 Å². The number of carbonyl (C=O) groups is 2. The first kappa shape index (κ1) is 15.1. The van der Waals surface area contributed by atoms with Crippen LogP contribution in [0.15, 0.2) is 0 Å². The van der Waals surface area contributed by atoms with Crippen molar-refractivity contribution < 1.29 is 14.7 Å². The monoisotopic (exact) mass is 282 g/mol. The van der Waals surface area contributed by atoms with Crippen LogP contribution in [0.2, 0.25) is 0 Å². The molecule has 2 unspecified atom stereocenters. The average molecular weight is 282 g/mol. The standard InChI is InChI=1S/C15H26N2O3/c1-11-7-3-2-4-8-12(11)16-14(20)17-15(13(18)19)9-5-6-10-15/h11-12H,2-10H2,1H3,(H,18,19)(H2,16,17,20). The van der Waals surface area contributed by atoms with E-state index in [1.807, 2.05) is 0 Å². The number of aliphatic carboxylic acids is 1. The number of rotatable bonds is 3. The van der Waals surface area contributed by atoms with Gasteiger partial charge < -0.3 is 15.7 Å². The quantitative estimate of drug-likeness (QED) is 0.696. The fourth-order valence-corrected chi connectivity index (χ4v) is 3.50. The highest BCUT2D eigenvalue weighted by Crippen LogP contribution is 2.30. The molecule has 2 aliphatic rings. The second-order valence-corrected chi connectivity index (χ2v) is 6.41. The van der Waals surface area contributed by atoms with E-state index in [2.05, 4.69) is 17.6 Å². The van der Waals surface area contributed by atoms with E-state index in [1.165, 1.54) is 12.8 Å². The minimum atomic E-state index is -1.04. The lowest BCUT2D eigenvalue weighted by Gasteiger charge is -2.28. The molecule has 20 heavy (non-hydrogen) atoms. The van der Waals surface area contributed by atoms with Crippen LogP contribution in [0, 0.1) is 5.92 Å². The molecule has 0 aromatic carbocycles. The first-order valence-electron chi connectivity index (χ1n) is 7.85. The highest BCUT2D eigenvalue weighted by molar-refractivity contribution is 5.86. The predicted molar refractivity (Wildman–Crippen MR) is 76.5 cm³/mol. The summed E-state index contributed by atoms with van der Waals surface area (Å²) >= 11 is 0. The molecule has 2 aliphatic carbocycles. The highest BCUT2D eigenvalue weighted by Gasteiger charge is 2.42. The van der Waals surface area contributed by atoms with Gasteiger partial charge in [0.05, 0.1) is 0 Å². The van der Waals surface area contributed by atoms with Crippen molar-refractivity contribution in [2.75, 3.05) is 0 Å². The van der Waals surface area contributed by atoms with Crippen LogP contribution >= 0.6 is 0 Å². The van der Waals surface area contributed by atoms with Crippen LogP contribution < -0.4 is 10.6 Å². The fraction of sp³-hybridized carbons (Fsp3) is 0.867. The summed E-state index contributed by atoms with van der Waals surface area (Å²) in [5.74, 6) is -0.438. The third-order valence-corrected chi connectivity index (χ3v) is 4.90. The summed E-state index contributed by atoms with van der Waals surface area (Å²) in [4.78, 5) is 23.6. The lowest BCUT2D eigenvalue weighted by atomic mass is 9.96. The number of carboxylic acids is 1. The second kappa shape index (κ2) is 6.46. The topological polar surface area (TPSA) is 78.4 Å². The van der Waals surface area contributed by atoms with Crippen molar-refractivity contribution in [3.05, 3.63) is 0 Å². The summed E-state index contributed by atoms with van der Waals surface area (Å²) in [6.45, 7) is 2.17. The van der Waals surface area contributed by atoms with E-state index in [4.69, 9.17) is 0 Å². The van der Waals surface area contributed by atoms with Crippen LogP contribution in [0.4, 0.5) is 4.79 Å². The summed E-state index contributed by atoms with van der Waals surface area (Å²) in [7, 11) is 0. The maximum atomic E-state index is 12.1. The number of hydrogen-bond donors (Lipinski definition) is 3. The Bertz CT molecular complexity index is 364. The molecule has 0 spiro atoms. The molecule has 2 amide bonds. The van der Waals surface area contributed by atoms with E-state index in [1.54, 1.807) is 0 Å². The van der Waals surface area contributed by atoms with Crippen molar-refractivity contribution in [3.8, 4) is 0 Å². The molecule has 2 rings (SSSR count). The van der Waals surface area contributed by atoms with Crippen molar-refractivity contribution in [1.29, 1.82) is 0 Å². The molecule has 2 fully saturated rings. The molecular weight excluding hydrogens is 256 g/mol. The third kappa shape index (κ3) is 3.44. The Kier molecular flexibility index (Phi) is 4.89. The van der Waals surface area contributed by atoms with E-state index >= 15 is 0 Å². The van der Waals surface area contributed by atoms with Crippen LogP contribution in [-0.4, -0.2) is 28.7 Å². The molecule has 0 saturated heterocycles. The van der Waals surface area contributed by atoms with Crippen LogP contribution in [0.3, 0.4) is 0 Å². The highest BCUT2D eigenvalue weighted by atomic mass is 16.4. The van der Waals surface area contributed by atoms with Crippen molar-refractivity contribution in [1.82, 2.24) is 10.6 Å². The third-order valence-electron chi connectivity index (χ3n) is 4.90. The number of carbonyl (C=O) groups excluding carboxylic acids is 1. The molecule has 5 heteroatoms. The Morgan fingerprint density at radius 3 is 2.35 bits per heavy atom. The summed E-state index contributed by atoms with van der Waals surface area (Å²) in [5.41, 5.74) is -1.04. The van der Waals surface area contributed by atoms with Gasteiger partial charge >= 0.3 is 12.0 Å². The smallest absolute Gasteiger partial charge is 0.329 e. The van der Waals surface area contributed by atoms with E-state index in [-0.39, 0.29) is 12.1 Å². The average Bonchev–Trinajstić information content (AvgIpc) is 2.77. The van der Waals surface area contributed by atoms with Gasteiger partial charge in [-0.25, -0.2) is 9.59 Å². The molecule has 2 saturated carbocycles. The zero-order valence-corrected chi connectivity index (χ0v) is 12.3. The zero-order valence-electron chi connectivity index (χ0n) is 12.3. The molecular formula is C15H26N2O3. The molecule has 0 heterocycles. The Morgan fingerprint density at radius 1 is 1.05 bits per heavy atom. The maximum Gasteiger partial charge on any atom is 0.329 e. The van der Waals surface area contributed by atoms with Crippen LogP contribution in [0.5, 0.6) is 0 Å². The van der Waals surface area contributed by atoms with Gasteiger partial charge in [-0.3, -0.25) is 0 Å². The van der Waals surface area contributed by atoms with Crippen molar-refractivity contribution >= 4 is 12.0 Å². The second-order valence-electron chi connectivity index (χ2n) is 6.41. The maximum absolute atomic E-state index is 12.1. The van der Waals surface area contributed by atoms with Crippen molar-refractivity contribution in [2.45, 2.75) is 76.3 Å². The Morgan fingerprint density at radius 2 is 1.70 bits per heavy atom. The van der Waals surface area contributed by atoms with Gasteiger partial charge in [0.15, 0.2) is 0 Å². The van der Waals surface area contributed by atoms with Gasteiger partial charge in [-0.15, -0.1) is 0 Å². The molecule has 114 valence electrons. The van der Waals surface area contributed by atoms with E-state index in [0.29, 0.717) is 18.8 Å². The van der Waals surface area contributed by atoms with Gasteiger partial charge in [0, 0.05) is 6.04 Å². The Hall–Kier alpha value is -1.26. The normalized spacial score (nSPS) is 29.4. The lowest BCUT2D eigenvalue weighted by Crippen LogP contribution is -2.57. The minimum absolute atomic E-state index is 0.171. The van der Waals surface area contributed by atoms with Gasteiger partial charge in [0.1, 0.15) is 5.54 Å². The van der Waals surface area contributed by atoms with E-state index in [9.17, 15) is 14.7 Å². The van der Waals surface area contributed by atoms with Gasteiger partial charge in [0.2, 0.25) is 0 Å².